The molecule has 2 saturated heterocycles. The summed E-state index contributed by atoms with van der Waals surface area (Å²) in [6, 6.07) is 9.88. The van der Waals surface area contributed by atoms with Crippen LogP contribution in [0.2, 0.25) is 0 Å². The molecule has 5 heterocycles. The topological polar surface area (TPSA) is 89.3 Å². The van der Waals surface area contributed by atoms with Crippen molar-refractivity contribution in [2.75, 3.05) is 33.3 Å². The van der Waals surface area contributed by atoms with Gasteiger partial charge in [-0.1, -0.05) is 36.1 Å². The number of carbonyl (C=O) groups excluding carboxylic acids is 1. The molecule has 2 aromatic carbocycles. The van der Waals surface area contributed by atoms with Gasteiger partial charge in [0.15, 0.2) is 17.2 Å². The molecule has 11 heteroatoms. The van der Waals surface area contributed by atoms with Crippen molar-refractivity contribution in [2.24, 2.45) is 0 Å². The lowest BCUT2D eigenvalue weighted by molar-refractivity contribution is -0.129. The molecule has 1 atom stereocenters. The number of ether oxygens (including phenoxy) is 1. The minimum absolute atomic E-state index is 0.140. The number of pyridine rings is 2. The van der Waals surface area contributed by atoms with E-state index in [1.807, 2.05) is 55.1 Å². The van der Waals surface area contributed by atoms with Gasteiger partial charge in [0.1, 0.15) is 17.6 Å². The van der Waals surface area contributed by atoms with E-state index >= 15 is 4.39 Å². The third-order valence-corrected chi connectivity index (χ3v) is 9.46. The summed E-state index contributed by atoms with van der Waals surface area (Å²) in [4.78, 5) is 25.3. The maximum atomic E-state index is 17.0. The number of rotatable bonds is 6. The quantitative estimate of drug-likeness (QED) is 0.215. The van der Waals surface area contributed by atoms with Crippen molar-refractivity contribution < 1.29 is 18.3 Å². The fourth-order valence-corrected chi connectivity index (χ4v) is 6.99. The number of hydrogen-bond acceptors (Lipinski definition) is 7. The van der Waals surface area contributed by atoms with Crippen LogP contribution in [0, 0.1) is 19.7 Å². The van der Waals surface area contributed by atoms with Crippen LogP contribution in [0.3, 0.4) is 0 Å². The van der Waals surface area contributed by atoms with Crippen LogP contribution >= 0.6 is 0 Å². The van der Waals surface area contributed by atoms with E-state index in [-0.39, 0.29) is 23.5 Å². The summed E-state index contributed by atoms with van der Waals surface area (Å²) in [5.41, 5.74) is 3.93. The standard InChI is InChI=1S/C34H35F2N7O2/c1-19-16-26-30(29(36)27(19)28-21(3)37-17-22-8-5-6-10-25(22)28)38-33(45-18-24-9-7-13-41(24)4)31-32(26)43(40-39-31)23-11-14-42(15-12-23)34(44)20(2)35/h5-6,8,10,16-17,23-24H,2,7,9,11-15,18H2,1,3-4H3. The van der Waals surface area contributed by atoms with Crippen LogP contribution in [0.5, 0.6) is 5.88 Å². The Hall–Kier alpha value is -4.51. The number of aromatic nitrogens is 5. The maximum Gasteiger partial charge on any atom is 0.281 e. The molecule has 5 aromatic rings. The number of likely N-dealkylation sites (tertiary alicyclic amines) is 2. The molecule has 0 bridgehead atoms. The Morgan fingerprint density at radius 3 is 2.58 bits per heavy atom. The summed E-state index contributed by atoms with van der Waals surface area (Å²) in [7, 11) is 2.07. The van der Waals surface area contributed by atoms with E-state index in [1.165, 1.54) is 4.90 Å². The van der Waals surface area contributed by atoms with Gasteiger partial charge >= 0.3 is 0 Å². The zero-order valence-corrected chi connectivity index (χ0v) is 25.7. The molecule has 0 spiro atoms. The lowest BCUT2D eigenvalue weighted by Gasteiger charge is -2.31. The summed E-state index contributed by atoms with van der Waals surface area (Å²) in [5, 5.41) is 11.5. The van der Waals surface area contributed by atoms with Crippen molar-refractivity contribution >= 4 is 38.6 Å². The predicted octanol–water partition coefficient (Wildman–Crippen LogP) is 6.07. The molecule has 0 saturated carbocycles. The number of halogens is 2. The first-order chi connectivity index (χ1) is 21.7. The van der Waals surface area contributed by atoms with Crippen molar-refractivity contribution in [1.82, 2.24) is 34.8 Å². The van der Waals surface area contributed by atoms with E-state index in [0.29, 0.717) is 54.5 Å². The Balaban J connectivity index is 1.39. The number of hydrogen-bond donors (Lipinski definition) is 0. The average Bonchev–Trinajstić information content (AvgIpc) is 3.67. The van der Waals surface area contributed by atoms with Crippen molar-refractivity contribution in [3.63, 3.8) is 0 Å². The van der Waals surface area contributed by atoms with E-state index < -0.39 is 17.6 Å². The van der Waals surface area contributed by atoms with Crippen LogP contribution in [0.15, 0.2) is 48.9 Å². The van der Waals surface area contributed by atoms with Gasteiger partial charge in [0.25, 0.3) is 5.91 Å². The molecule has 0 N–H and O–H groups in total. The van der Waals surface area contributed by atoms with Gasteiger partial charge in [-0.2, -0.15) is 0 Å². The number of piperidine rings is 1. The van der Waals surface area contributed by atoms with Crippen LogP contribution in [0.1, 0.15) is 43.0 Å². The Kier molecular flexibility index (Phi) is 7.43. The van der Waals surface area contributed by atoms with Gasteiger partial charge in [-0.3, -0.25) is 9.78 Å². The van der Waals surface area contributed by atoms with E-state index in [0.717, 1.165) is 47.0 Å². The Bertz CT molecular complexity index is 1980. The molecule has 1 amide bonds. The molecule has 3 aromatic heterocycles. The number of nitrogens with zero attached hydrogens (tertiary/aromatic N) is 7. The molecule has 2 fully saturated rings. The Morgan fingerprint density at radius 2 is 1.84 bits per heavy atom. The summed E-state index contributed by atoms with van der Waals surface area (Å²) in [6.07, 6.45) is 4.97. The van der Waals surface area contributed by atoms with Gasteiger partial charge in [0.05, 0.1) is 6.04 Å². The second-order valence-corrected chi connectivity index (χ2v) is 12.2. The van der Waals surface area contributed by atoms with Crippen molar-refractivity contribution in [2.45, 2.75) is 51.6 Å². The van der Waals surface area contributed by atoms with Crippen LogP contribution in [0.25, 0.3) is 43.8 Å². The molecule has 232 valence electrons. The molecule has 2 aliphatic heterocycles. The molecule has 45 heavy (non-hydrogen) atoms. The molecule has 0 radical (unpaired) electrons. The van der Waals surface area contributed by atoms with Crippen LogP contribution < -0.4 is 4.74 Å². The molecule has 0 aliphatic carbocycles. The number of benzene rings is 2. The molecular weight excluding hydrogens is 576 g/mol. The summed E-state index contributed by atoms with van der Waals surface area (Å²) in [5.74, 6) is -1.87. The molecule has 9 nitrogen and oxygen atoms in total. The first kappa shape index (κ1) is 29.2. The monoisotopic (exact) mass is 611 g/mol. The highest BCUT2D eigenvalue weighted by Crippen LogP contribution is 2.41. The normalized spacial score (nSPS) is 18.0. The van der Waals surface area contributed by atoms with Crippen LogP contribution in [-0.2, 0) is 4.79 Å². The molecule has 7 rings (SSSR count). The molecule has 1 unspecified atom stereocenters. The number of fused-ring (bicyclic) bond motifs is 4. The Morgan fingerprint density at radius 1 is 1.07 bits per heavy atom. The van der Waals surface area contributed by atoms with Crippen molar-refractivity contribution in [3.8, 4) is 17.0 Å². The third-order valence-electron chi connectivity index (χ3n) is 9.46. The first-order valence-corrected chi connectivity index (χ1v) is 15.4. The second kappa shape index (κ2) is 11.4. The highest BCUT2D eigenvalue weighted by Gasteiger charge is 2.30. The van der Waals surface area contributed by atoms with E-state index in [1.54, 1.807) is 0 Å². The Labute approximate surface area is 259 Å². The second-order valence-electron chi connectivity index (χ2n) is 12.2. The van der Waals surface area contributed by atoms with Gasteiger partial charge in [-0.05, 0) is 70.1 Å². The highest BCUT2D eigenvalue weighted by atomic mass is 19.1. The number of amides is 1. The van der Waals surface area contributed by atoms with Crippen LogP contribution in [-0.4, -0.2) is 80.0 Å². The van der Waals surface area contributed by atoms with Crippen LogP contribution in [0.4, 0.5) is 8.78 Å². The van der Waals surface area contributed by atoms with E-state index in [9.17, 15) is 9.18 Å². The summed E-state index contributed by atoms with van der Waals surface area (Å²) >= 11 is 0. The lowest BCUT2D eigenvalue weighted by atomic mass is 9.92. The minimum Gasteiger partial charge on any atom is -0.474 e. The zero-order chi connectivity index (χ0) is 31.4. The predicted molar refractivity (Wildman–Crippen MR) is 169 cm³/mol. The smallest absolute Gasteiger partial charge is 0.281 e. The van der Waals surface area contributed by atoms with Gasteiger partial charge < -0.3 is 14.5 Å². The average molecular weight is 612 g/mol. The number of carbonyl (C=O) groups is 1. The largest absolute Gasteiger partial charge is 0.474 e. The van der Waals surface area contributed by atoms with E-state index in [4.69, 9.17) is 9.72 Å². The summed E-state index contributed by atoms with van der Waals surface area (Å²) < 4.78 is 38.7. The van der Waals surface area contributed by atoms with Crippen molar-refractivity contribution in [1.29, 1.82) is 0 Å². The van der Waals surface area contributed by atoms with Gasteiger partial charge in [-0.25, -0.2) is 18.4 Å². The molecular formula is C34H35F2N7O2. The first-order valence-electron chi connectivity index (χ1n) is 15.4. The van der Waals surface area contributed by atoms with E-state index in [2.05, 4.69) is 33.8 Å². The van der Waals surface area contributed by atoms with Crippen molar-refractivity contribution in [3.05, 3.63) is 66.0 Å². The van der Waals surface area contributed by atoms with Gasteiger partial charge in [0.2, 0.25) is 5.88 Å². The highest BCUT2D eigenvalue weighted by molar-refractivity contribution is 6.08. The SMILES string of the molecule is C=C(F)C(=O)N1CCC(n2nnc3c(OCC4CCCN4C)nc4c(F)c(-c5c(C)ncc6ccccc56)c(C)cc4c32)CC1. The van der Waals surface area contributed by atoms with Gasteiger partial charge in [-0.15, -0.1) is 5.10 Å². The van der Waals surface area contributed by atoms with Gasteiger partial charge in [0, 0.05) is 52.9 Å². The summed E-state index contributed by atoms with van der Waals surface area (Å²) in [6.45, 7) is 9.03. The minimum atomic E-state index is -0.968. The molecule has 2 aliphatic rings. The maximum absolute atomic E-state index is 17.0. The number of aryl methyl sites for hydroxylation is 2. The fourth-order valence-electron chi connectivity index (χ4n) is 6.99. The zero-order valence-electron chi connectivity index (χ0n) is 25.7. The number of likely N-dealkylation sites (N-methyl/N-ethyl adjacent to an activating group) is 1. The third kappa shape index (κ3) is 4.99. The lowest BCUT2D eigenvalue weighted by Crippen LogP contribution is -2.39. The fraction of sp³-hybridized carbons (Fsp3) is 0.382.